The lowest BCUT2D eigenvalue weighted by Gasteiger charge is -2.17. The molecule has 5 rings (SSSR count). The lowest BCUT2D eigenvalue weighted by molar-refractivity contribution is 0.102. The zero-order chi connectivity index (χ0) is 19.3. The van der Waals surface area contributed by atoms with Crippen LogP contribution in [-0.4, -0.2) is 35.7 Å². The Bertz CT molecular complexity index is 1190. The van der Waals surface area contributed by atoms with Gasteiger partial charge in [0.05, 0.1) is 23.9 Å². The van der Waals surface area contributed by atoms with Gasteiger partial charge < -0.3 is 14.6 Å². The number of nitrogens with zero attached hydrogens (tertiary/aromatic N) is 5. The molecule has 4 aromatic rings. The van der Waals surface area contributed by atoms with Gasteiger partial charge in [-0.2, -0.15) is 5.10 Å². The van der Waals surface area contributed by atoms with Crippen LogP contribution in [0.15, 0.2) is 55.5 Å². The minimum atomic E-state index is -0.274. The highest BCUT2D eigenvalue weighted by atomic mass is 16.5. The quantitative estimate of drug-likeness (QED) is 0.596. The van der Waals surface area contributed by atoms with Crippen molar-refractivity contribution < 1.29 is 9.53 Å². The van der Waals surface area contributed by atoms with E-state index in [4.69, 9.17) is 4.74 Å². The number of anilines is 1. The Morgan fingerprint density at radius 1 is 1.25 bits per heavy atom. The topological polar surface area (TPSA) is 86.3 Å². The first-order valence-electron chi connectivity index (χ1n) is 8.94. The molecule has 0 saturated heterocycles. The first kappa shape index (κ1) is 16.5. The summed E-state index contributed by atoms with van der Waals surface area (Å²) in [5.74, 6) is 0.553. The maximum Gasteiger partial charge on any atom is 0.261 e. The van der Waals surface area contributed by atoms with E-state index in [2.05, 4.69) is 20.4 Å². The van der Waals surface area contributed by atoms with Crippen LogP contribution in [0, 0.1) is 0 Å². The van der Waals surface area contributed by atoms with Gasteiger partial charge in [0.25, 0.3) is 5.91 Å². The monoisotopic (exact) mass is 374 g/mol. The largest absolute Gasteiger partial charge is 0.487 e. The molecule has 1 aromatic carbocycles. The van der Waals surface area contributed by atoms with Crippen LogP contribution in [-0.2, 0) is 6.42 Å². The number of imidazole rings is 1. The molecule has 1 N–H and O–H groups in total. The number of aromatic nitrogens is 5. The van der Waals surface area contributed by atoms with Crippen LogP contribution in [0.25, 0.3) is 11.3 Å². The average molecular weight is 374 g/mol. The van der Waals surface area contributed by atoms with Crippen molar-refractivity contribution in [3.05, 3.63) is 66.6 Å². The molecule has 3 aromatic heterocycles. The first-order valence-corrected chi connectivity index (χ1v) is 8.94. The van der Waals surface area contributed by atoms with Gasteiger partial charge in [-0.05, 0) is 26.0 Å². The Morgan fingerprint density at radius 2 is 2.14 bits per heavy atom. The number of carbonyl (C=O) groups excluding carboxylic acids is 1. The highest BCUT2D eigenvalue weighted by Gasteiger charge is 2.31. The molecule has 1 aliphatic rings. The highest BCUT2D eigenvalue weighted by Crippen LogP contribution is 2.39. The Morgan fingerprint density at radius 3 is 2.96 bits per heavy atom. The summed E-state index contributed by atoms with van der Waals surface area (Å²) in [6.45, 7) is 4.10. The van der Waals surface area contributed by atoms with E-state index in [0.29, 0.717) is 16.9 Å². The number of rotatable bonds is 3. The summed E-state index contributed by atoms with van der Waals surface area (Å²) in [6, 6.07) is 5.67. The normalized spacial score (nSPS) is 14.6. The van der Waals surface area contributed by atoms with Crippen molar-refractivity contribution in [2.24, 2.45) is 0 Å². The number of hydrogen-bond donors (Lipinski definition) is 1. The summed E-state index contributed by atoms with van der Waals surface area (Å²) in [5, 5.41) is 7.20. The Kier molecular flexibility index (Phi) is 3.48. The molecule has 4 heterocycles. The fraction of sp³-hybridized carbons (Fsp3) is 0.200. The lowest BCUT2D eigenvalue weighted by Crippen LogP contribution is -2.24. The molecule has 0 aliphatic carbocycles. The number of benzene rings is 1. The minimum absolute atomic E-state index is 0.270. The number of carbonyl (C=O) groups is 1. The van der Waals surface area contributed by atoms with Crippen LogP contribution in [0.3, 0.4) is 0 Å². The Balaban J connectivity index is 1.57. The number of fused-ring (bicyclic) bond motifs is 2. The summed E-state index contributed by atoms with van der Waals surface area (Å²) < 4.78 is 9.47. The standard InChI is InChI=1S/C20H18N6O2/c1-20(2)10-13-8-15(16(9-17(13)28-20)25-7-5-21-12-25)24-19(27)14-11-23-26-6-3-4-22-18(14)26/h3-9,11-12H,10H2,1-2H3,(H,24,27). The molecular weight excluding hydrogens is 356 g/mol. The van der Waals surface area contributed by atoms with Gasteiger partial charge >= 0.3 is 0 Å². The summed E-state index contributed by atoms with van der Waals surface area (Å²) >= 11 is 0. The Labute approximate surface area is 160 Å². The predicted octanol–water partition coefficient (Wildman–Crippen LogP) is 2.88. The molecule has 0 unspecified atom stereocenters. The predicted molar refractivity (Wildman–Crippen MR) is 103 cm³/mol. The van der Waals surface area contributed by atoms with E-state index in [1.54, 1.807) is 35.5 Å². The van der Waals surface area contributed by atoms with Crippen molar-refractivity contribution in [2.75, 3.05) is 5.32 Å². The highest BCUT2D eigenvalue weighted by molar-refractivity contribution is 6.09. The van der Waals surface area contributed by atoms with Crippen molar-refractivity contribution in [2.45, 2.75) is 25.9 Å². The minimum Gasteiger partial charge on any atom is -0.487 e. The van der Waals surface area contributed by atoms with E-state index in [1.807, 2.05) is 36.7 Å². The third kappa shape index (κ3) is 2.70. The van der Waals surface area contributed by atoms with Crippen molar-refractivity contribution >= 4 is 17.2 Å². The second kappa shape index (κ2) is 5.91. The van der Waals surface area contributed by atoms with E-state index in [1.165, 1.54) is 6.20 Å². The summed E-state index contributed by atoms with van der Waals surface area (Å²) in [6.07, 6.45) is 10.9. The van der Waals surface area contributed by atoms with Gasteiger partial charge in [0.1, 0.15) is 16.9 Å². The van der Waals surface area contributed by atoms with Gasteiger partial charge in [-0.25, -0.2) is 14.5 Å². The maximum atomic E-state index is 13.0. The van der Waals surface area contributed by atoms with E-state index in [9.17, 15) is 4.79 Å². The fourth-order valence-corrected chi connectivity index (χ4v) is 3.53. The van der Waals surface area contributed by atoms with Crippen molar-refractivity contribution in [3.8, 4) is 11.4 Å². The second-order valence-electron chi connectivity index (χ2n) is 7.39. The lowest BCUT2D eigenvalue weighted by atomic mass is 10.0. The first-order chi connectivity index (χ1) is 13.5. The molecule has 0 fully saturated rings. The van der Waals surface area contributed by atoms with Crippen LogP contribution in [0.5, 0.6) is 5.75 Å². The molecule has 0 radical (unpaired) electrons. The van der Waals surface area contributed by atoms with Gasteiger partial charge in [0, 0.05) is 42.8 Å². The third-order valence-electron chi connectivity index (χ3n) is 4.74. The summed E-state index contributed by atoms with van der Waals surface area (Å²) in [7, 11) is 0. The molecule has 0 atom stereocenters. The molecule has 1 aliphatic heterocycles. The van der Waals surface area contributed by atoms with Crippen LogP contribution in [0.4, 0.5) is 5.69 Å². The van der Waals surface area contributed by atoms with Gasteiger partial charge in [-0.3, -0.25) is 4.79 Å². The third-order valence-corrected chi connectivity index (χ3v) is 4.74. The second-order valence-corrected chi connectivity index (χ2v) is 7.39. The van der Waals surface area contributed by atoms with E-state index >= 15 is 0 Å². The van der Waals surface area contributed by atoms with Gasteiger partial charge in [-0.15, -0.1) is 0 Å². The summed E-state index contributed by atoms with van der Waals surface area (Å²) in [5.41, 5.74) is 3.17. The van der Waals surface area contributed by atoms with Crippen molar-refractivity contribution in [1.29, 1.82) is 0 Å². The fourth-order valence-electron chi connectivity index (χ4n) is 3.53. The maximum absolute atomic E-state index is 13.0. The number of nitrogens with one attached hydrogen (secondary N) is 1. The molecule has 1 amide bonds. The van der Waals surface area contributed by atoms with E-state index in [0.717, 1.165) is 23.4 Å². The van der Waals surface area contributed by atoms with Gasteiger partial charge in [-0.1, -0.05) is 0 Å². The molecular formula is C20H18N6O2. The van der Waals surface area contributed by atoms with Gasteiger partial charge in [0.2, 0.25) is 0 Å². The van der Waals surface area contributed by atoms with Crippen LogP contribution in [0.1, 0.15) is 29.8 Å². The van der Waals surface area contributed by atoms with Crippen LogP contribution >= 0.6 is 0 Å². The van der Waals surface area contributed by atoms with Crippen molar-refractivity contribution in [3.63, 3.8) is 0 Å². The van der Waals surface area contributed by atoms with Crippen LogP contribution in [0.2, 0.25) is 0 Å². The van der Waals surface area contributed by atoms with Crippen LogP contribution < -0.4 is 10.1 Å². The number of amides is 1. The molecule has 0 spiro atoms. The average Bonchev–Trinajstić information content (AvgIpc) is 3.38. The molecule has 140 valence electrons. The van der Waals surface area contributed by atoms with Gasteiger partial charge in [0.15, 0.2) is 5.65 Å². The number of hydrogen-bond acceptors (Lipinski definition) is 5. The molecule has 8 nitrogen and oxygen atoms in total. The zero-order valence-electron chi connectivity index (χ0n) is 15.5. The number of ether oxygens (including phenoxy) is 1. The molecule has 0 bridgehead atoms. The van der Waals surface area contributed by atoms with E-state index < -0.39 is 0 Å². The molecule has 8 heteroatoms. The van der Waals surface area contributed by atoms with Crippen molar-refractivity contribution in [1.82, 2.24) is 24.1 Å². The Hall–Kier alpha value is -3.68. The molecule has 0 saturated carbocycles. The SMILES string of the molecule is CC1(C)Cc2cc(NC(=O)c3cnn4cccnc34)c(-n3ccnc3)cc2O1. The smallest absolute Gasteiger partial charge is 0.261 e. The molecule has 28 heavy (non-hydrogen) atoms. The summed E-state index contributed by atoms with van der Waals surface area (Å²) in [4.78, 5) is 21.4. The zero-order valence-corrected chi connectivity index (χ0v) is 15.5. The van der Waals surface area contributed by atoms with E-state index in [-0.39, 0.29) is 11.5 Å².